The van der Waals surface area contributed by atoms with Crippen LogP contribution in [0.2, 0.25) is 5.02 Å². The van der Waals surface area contributed by atoms with E-state index in [1.165, 1.54) is 0 Å². The van der Waals surface area contributed by atoms with E-state index < -0.39 is 24.4 Å². The van der Waals surface area contributed by atoms with Crippen molar-refractivity contribution in [3.8, 4) is 5.75 Å². The van der Waals surface area contributed by atoms with E-state index in [9.17, 15) is 14.4 Å². The molecule has 3 rings (SSSR count). The summed E-state index contributed by atoms with van der Waals surface area (Å²) in [6, 6.07) is 12.4. The van der Waals surface area contributed by atoms with Crippen LogP contribution in [0.1, 0.15) is 11.1 Å². The molecule has 1 aliphatic heterocycles. The molecule has 0 saturated carbocycles. The fourth-order valence-corrected chi connectivity index (χ4v) is 2.80. The van der Waals surface area contributed by atoms with Crippen molar-refractivity contribution in [3.63, 3.8) is 0 Å². The summed E-state index contributed by atoms with van der Waals surface area (Å²) in [5.74, 6) is -0.972. The predicted octanol–water partition coefficient (Wildman–Crippen LogP) is 2.72. The van der Waals surface area contributed by atoms with Crippen molar-refractivity contribution in [2.75, 3.05) is 25.1 Å². The van der Waals surface area contributed by atoms with Crippen LogP contribution in [0.3, 0.4) is 0 Å². The first kappa shape index (κ1) is 20.4. The van der Waals surface area contributed by atoms with Gasteiger partial charge in [-0.1, -0.05) is 35.9 Å². The summed E-state index contributed by atoms with van der Waals surface area (Å²) in [6.07, 6.45) is 1.67. The average molecular weight is 415 g/mol. The van der Waals surface area contributed by atoms with Gasteiger partial charge in [0.25, 0.3) is 5.91 Å². The zero-order valence-electron chi connectivity index (χ0n) is 15.7. The Labute approximate surface area is 172 Å². The van der Waals surface area contributed by atoms with E-state index in [4.69, 9.17) is 21.1 Å². The smallest absolute Gasteiger partial charge is 0.338 e. The first-order valence-electron chi connectivity index (χ1n) is 8.85. The molecule has 8 heteroatoms. The van der Waals surface area contributed by atoms with Crippen molar-refractivity contribution in [1.29, 1.82) is 0 Å². The minimum absolute atomic E-state index is 0.0683. The quantitative estimate of drug-likeness (QED) is 0.709. The minimum Gasteiger partial charge on any atom is -0.488 e. The van der Waals surface area contributed by atoms with Crippen molar-refractivity contribution in [3.05, 3.63) is 64.2 Å². The Morgan fingerprint density at radius 1 is 1.10 bits per heavy atom. The van der Waals surface area contributed by atoms with Gasteiger partial charge in [0.15, 0.2) is 6.61 Å². The van der Waals surface area contributed by atoms with E-state index in [2.05, 4.69) is 10.6 Å². The van der Waals surface area contributed by atoms with Gasteiger partial charge in [0.05, 0.1) is 12.1 Å². The van der Waals surface area contributed by atoms with Gasteiger partial charge < -0.3 is 20.1 Å². The molecule has 1 heterocycles. The molecule has 0 fully saturated rings. The molecule has 29 heavy (non-hydrogen) atoms. The number of benzene rings is 2. The van der Waals surface area contributed by atoms with Gasteiger partial charge in [-0.05, 0) is 36.8 Å². The van der Waals surface area contributed by atoms with Gasteiger partial charge in [-0.2, -0.15) is 0 Å². The number of esters is 1. The molecular formula is C21H19ClN2O5. The van der Waals surface area contributed by atoms with Gasteiger partial charge in [-0.25, -0.2) is 4.79 Å². The number of carbonyl (C=O) groups excluding carboxylic acids is 3. The van der Waals surface area contributed by atoms with Gasteiger partial charge in [-0.3, -0.25) is 9.59 Å². The van der Waals surface area contributed by atoms with Crippen molar-refractivity contribution in [2.45, 2.75) is 6.92 Å². The lowest BCUT2D eigenvalue weighted by Crippen LogP contribution is -2.36. The first-order chi connectivity index (χ1) is 13.9. The summed E-state index contributed by atoms with van der Waals surface area (Å²) in [6.45, 7) is 1.08. The summed E-state index contributed by atoms with van der Waals surface area (Å²) in [7, 11) is 0. The fourth-order valence-electron chi connectivity index (χ4n) is 2.62. The van der Waals surface area contributed by atoms with E-state index in [1.54, 1.807) is 37.3 Å². The molecule has 0 radical (unpaired) electrons. The van der Waals surface area contributed by atoms with Crippen LogP contribution in [0.25, 0.3) is 6.08 Å². The number of anilines is 1. The zero-order valence-corrected chi connectivity index (χ0v) is 16.4. The Balaban J connectivity index is 1.44. The van der Waals surface area contributed by atoms with E-state index in [0.717, 1.165) is 11.1 Å². The Kier molecular flexibility index (Phi) is 6.51. The summed E-state index contributed by atoms with van der Waals surface area (Å²) < 4.78 is 10.5. The number of halogens is 1. The number of carbonyl (C=O) groups is 3. The molecule has 2 aromatic rings. The van der Waals surface area contributed by atoms with Gasteiger partial charge in [0.2, 0.25) is 5.91 Å². The Bertz CT molecular complexity index is 987. The standard InChI is InChI=1S/C21H19ClN2O5/c1-13-16(22)6-4-7-17(13)24-19(25)10-23-20(26)12-29-21(27)15-9-14-5-2-3-8-18(14)28-11-15/h2-9H,10-12H2,1H3,(H,23,26)(H,24,25). The molecule has 0 atom stereocenters. The molecule has 0 unspecified atom stereocenters. The van der Waals surface area contributed by atoms with Crippen LogP contribution in [0, 0.1) is 6.92 Å². The third kappa shape index (κ3) is 5.36. The molecule has 2 amide bonds. The molecule has 0 aromatic heterocycles. The maximum Gasteiger partial charge on any atom is 0.338 e. The van der Waals surface area contributed by atoms with Gasteiger partial charge in [-0.15, -0.1) is 0 Å². The van der Waals surface area contributed by atoms with Crippen molar-refractivity contribution >= 4 is 41.1 Å². The van der Waals surface area contributed by atoms with Gasteiger partial charge in [0, 0.05) is 16.3 Å². The van der Waals surface area contributed by atoms with Crippen LogP contribution in [-0.4, -0.2) is 37.5 Å². The number of fused-ring (bicyclic) bond motifs is 1. The Hall–Kier alpha value is -3.32. The second kappa shape index (κ2) is 9.25. The Morgan fingerprint density at radius 2 is 1.90 bits per heavy atom. The molecule has 0 spiro atoms. The Morgan fingerprint density at radius 3 is 2.72 bits per heavy atom. The van der Waals surface area contributed by atoms with Gasteiger partial charge >= 0.3 is 5.97 Å². The highest BCUT2D eigenvalue weighted by molar-refractivity contribution is 6.31. The average Bonchev–Trinajstić information content (AvgIpc) is 2.73. The maximum absolute atomic E-state index is 12.1. The molecule has 0 saturated heterocycles. The van der Waals surface area contributed by atoms with Crippen LogP contribution in [0.5, 0.6) is 5.75 Å². The molecule has 7 nitrogen and oxygen atoms in total. The van der Waals surface area contributed by atoms with Crippen LogP contribution < -0.4 is 15.4 Å². The number of hydrogen-bond acceptors (Lipinski definition) is 5. The normalized spacial score (nSPS) is 12.1. The molecule has 0 aliphatic carbocycles. The van der Waals surface area contributed by atoms with E-state index >= 15 is 0 Å². The summed E-state index contributed by atoms with van der Waals surface area (Å²) in [5.41, 5.74) is 2.37. The second-order valence-corrected chi connectivity index (χ2v) is 6.72. The van der Waals surface area contributed by atoms with E-state index in [-0.39, 0.29) is 13.2 Å². The van der Waals surface area contributed by atoms with Crippen LogP contribution >= 0.6 is 11.6 Å². The maximum atomic E-state index is 12.1. The molecular weight excluding hydrogens is 396 g/mol. The van der Waals surface area contributed by atoms with E-state index in [0.29, 0.717) is 22.0 Å². The van der Waals surface area contributed by atoms with Crippen molar-refractivity contribution in [2.24, 2.45) is 0 Å². The van der Waals surface area contributed by atoms with Crippen molar-refractivity contribution < 1.29 is 23.9 Å². The summed E-state index contributed by atoms with van der Waals surface area (Å²) in [5, 5.41) is 5.59. The third-order valence-corrected chi connectivity index (χ3v) is 4.63. The molecule has 2 N–H and O–H groups in total. The zero-order chi connectivity index (χ0) is 20.8. The third-order valence-electron chi connectivity index (χ3n) is 4.22. The largest absolute Gasteiger partial charge is 0.488 e. The van der Waals surface area contributed by atoms with Crippen LogP contribution in [-0.2, 0) is 19.1 Å². The lowest BCUT2D eigenvalue weighted by Gasteiger charge is -2.16. The topological polar surface area (TPSA) is 93.7 Å². The number of nitrogens with one attached hydrogen (secondary N) is 2. The lowest BCUT2D eigenvalue weighted by molar-refractivity contribution is -0.145. The fraction of sp³-hybridized carbons (Fsp3) is 0.190. The molecule has 1 aliphatic rings. The lowest BCUT2D eigenvalue weighted by atomic mass is 10.1. The minimum atomic E-state index is -0.645. The first-order valence-corrected chi connectivity index (χ1v) is 9.23. The number of rotatable bonds is 6. The molecule has 2 aromatic carbocycles. The number of para-hydroxylation sites is 1. The summed E-state index contributed by atoms with van der Waals surface area (Å²) >= 11 is 6.00. The number of hydrogen-bond donors (Lipinski definition) is 2. The van der Waals surface area contributed by atoms with Crippen LogP contribution in [0.15, 0.2) is 48.0 Å². The van der Waals surface area contributed by atoms with Crippen LogP contribution in [0.4, 0.5) is 5.69 Å². The van der Waals surface area contributed by atoms with Gasteiger partial charge in [0.1, 0.15) is 12.4 Å². The monoisotopic (exact) mass is 414 g/mol. The summed E-state index contributed by atoms with van der Waals surface area (Å²) in [4.78, 5) is 36.0. The second-order valence-electron chi connectivity index (χ2n) is 6.31. The highest BCUT2D eigenvalue weighted by Gasteiger charge is 2.19. The SMILES string of the molecule is Cc1c(Cl)cccc1NC(=O)CNC(=O)COC(=O)C1=Cc2ccccc2OC1. The van der Waals surface area contributed by atoms with E-state index in [1.807, 2.05) is 18.2 Å². The highest BCUT2D eigenvalue weighted by Crippen LogP contribution is 2.26. The predicted molar refractivity (Wildman–Crippen MR) is 109 cm³/mol. The molecule has 0 bridgehead atoms. The number of ether oxygens (including phenoxy) is 2. The molecule has 150 valence electrons. The highest BCUT2D eigenvalue weighted by atomic mass is 35.5. The van der Waals surface area contributed by atoms with Crippen molar-refractivity contribution in [1.82, 2.24) is 5.32 Å². The number of amides is 2.